The number of likely N-dealkylation sites (tertiary alicyclic amines) is 1. The van der Waals surface area contributed by atoms with Crippen molar-refractivity contribution >= 4 is 11.6 Å². The van der Waals surface area contributed by atoms with Gasteiger partial charge in [0.2, 0.25) is 5.88 Å². The van der Waals surface area contributed by atoms with Crippen LogP contribution in [0.5, 0.6) is 5.88 Å². The second-order valence-corrected chi connectivity index (χ2v) is 5.37. The van der Waals surface area contributed by atoms with Gasteiger partial charge < -0.3 is 20.7 Å². The molecule has 1 aromatic heterocycles. The Labute approximate surface area is 130 Å². The van der Waals surface area contributed by atoms with Gasteiger partial charge in [-0.25, -0.2) is 4.98 Å². The van der Waals surface area contributed by atoms with Crippen molar-refractivity contribution in [3.05, 3.63) is 17.3 Å². The molecule has 0 bridgehead atoms. The molecule has 3 N–H and O–H groups in total. The van der Waals surface area contributed by atoms with Gasteiger partial charge in [-0.15, -0.1) is 0 Å². The number of piperidine rings is 1. The average Bonchev–Trinajstić information content (AvgIpc) is 2.49. The third-order valence-corrected chi connectivity index (χ3v) is 3.70. The van der Waals surface area contributed by atoms with E-state index in [2.05, 4.69) is 22.2 Å². The number of nitrogens with one attached hydrogen (secondary N) is 1. The highest BCUT2D eigenvalue weighted by atomic mass is 16.5. The summed E-state index contributed by atoms with van der Waals surface area (Å²) in [6.07, 6.45) is 1.82. The number of pyridine rings is 1. The van der Waals surface area contributed by atoms with Crippen LogP contribution < -0.4 is 15.8 Å². The summed E-state index contributed by atoms with van der Waals surface area (Å²) in [5, 5.41) is 12.1. The zero-order chi connectivity index (χ0) is 16.1. The zero-order valence-electron chi connectivity index (χ0n) is 12.9. The molecule has 1 aromatic rings. The van der Waals surface area contributed by atoms with Crippen molar-refractivity contribution in [3.8, 4) is 11.9 Å². The van der Waals surface area contributed by atoms with Crippen LogP contribution in [0.4, 0.5) is 5.69 Å². The van der Waals surface area contributed by atoms with E-state index < -0.39 is 0 Å². The summed E-state index contributed by atoms with van der Waals surface area (Å²) in [6, 6.07) is 3.51. The van der Waals surface area contributed by atoms with E-state index in [0.29, 0.717) is 6.61 Å². The van der Waals surface area contributed by atoms with Gasteiger partial charge in [-0.2, -0.15) is 5.26 Å². The monoisotopic (exact) mass is 303 g/mol. The maximum absolute atomic E-state index is 12.3. The Morgan fingerprint density at radius 2 is 2.27 bits per heavy atom. The molecule has 118 valence electrons. The number of ether oxygens (including phenoxy) is 1. The summed E-state index contributed by atoms with van der Waals surface area (Å²) >= 11 is 0. The first kappa shape index (κ1) is 16.0. The van der Waals surface area contributed by atoms with Crippen LogP contribution >= 0.6 is 0 Å². The largest absolute Gasteiger partial charge is 0.477 e. The maximum atomic E-state index is 12.3. The molecule has 7 nitrogen and oxygen atoms in total. The highest BCUT2D eigenvalue weighted by Gasteiger charge is 2.21. The molecule has 0 saturated carbocycles. The van der Waals surface area contributed by atoms with E-state index in [-0.39, 0.29) is 34.8 Å². The van der Waals surface area contributed by atoms with E-state index in [9.17, 15) is 4.79 Å². The molecular formula is C15H21N5O2. The van der Waals surface area contributed by atoms with Crippen molar-refractivity contribution in [1.82, 2.24) is 15.2 Å². The van der Waals surface area contributed by atoms with Crippen LogP contribution in [0.3, 0.4) is 0 Å². The van der Waals surface area contributed by atoms with E-state index in [1.165, 1.54) is 6.07 Å². The summed E-state index contributed by atoms with van der Waals surface area (Å²) in [5.41, 5.74) is 6.37. The number of carbonyl (C=O) groups excluding carboxylic acids is 1. The van der Waals surface area contributed by atoms with Gasteiger partial charge in [-0.3, -0.25) is 4.79 Å². The SMILES string of the molecule is CCOc1nc(C(=O)NC2CCN(C)CC2)cc(N)c1C#N. The first-order valence-electron chi connectivity index (χ1n) is 7.38. The summed E-state index contributed by atoms with van der Waals surface area (Å²) in [7, 11) is 2.06. The topological polar surface area (TPSA) is 104 Å². The van der Waals surface area contributed by atoms with Gasteiger partial charge in [-0.1, -0.05) is 0 Å². The lowest BCUT2D eigenvalue weighted by atomic mass is 10.1. The fourth-order valence-corrected chi connectivity index (χ4v) is 2.42. The van der Waals surface area contributed by atoms with Gasteiger partial charge in [0, 0.05) is 6.04 Å². The molecule has 1 aliphatic rings. The van der Waals surface area contributed by atoms with Crippen LogP contribution in [0, 0.1) is 11.3 Å². The van der Waals surface area contributed by atoms with Crippen molar-refractivity contribution in [2.45, 2.75) is 25.8 Å². The van der Waals surface area contributed by atoms with E-state index >= 15 is 0 Å². The van der Waals surface area contributed by atoms with Gasteiger partial charge in [0.25, 0.3) is 5.91 Å². The second kappa shape index (κ2) is 7.09. The van der Waals surface area contributed by atoms with Gasteiger partial charge in [-0.05, 0) is 46.0 Å². The number of anilines is 1. The number of aromatic nitrogens is 1. The third kappa shape index (κ3) is 3.65. The molecule has 2 heterocycles. The summed E-state index contributed by atoms with van der Waals surface area (Å²) in [5.74, 6) is -0.176. The fraction of sp³-hybridized carbons (Fsp3) is 0.533. The molecule has 7 heteroatoms. The van der Waals surface area contributed by atoms with Gasteiger partial charge in [0.05, 0.1) is 12.3 Å². The van der Waals surface area contributed by atoms with Crippen LogP contribution in [-0.4, -0.2) is 48.6 Å². The van der Waals surface area contributed by atoms with Crippen molar-refractivity contribution in [2.24, 2.45) is 0 Å². The maximum Gasteiger partial charge on any atom is 0.270 e. The number of hydrogen-bond donors (Lipinski definition) is 2. The quantitative estimate of drug-likeness (QED) is 0.851. The minimum atomic E-state index is -0.285. The van der Waals surface area contributed by atoms with Crippen molar-refractivity contribution < 1.29 is 9.53 Å². The van der Waals surface area contributed by atoms with Crippen molar-refractivity contribution in [1.29, 1.82) is 5.26 Å². The number of amides is 1. The number of nitrogen functional groups attached to an aromatic ring is 1. The van der Waals surface area contributed by atoms with Crippen LogP contribution in [-0.2, 0) is 0 Å². The summed E-state index contributed by atoms with van der Waals surface area (Å²) < 4.78 is 5.30. The van der Waals surface area contributed by atoms with Crippen LogP contribution in [0.25, 0.3) is 0 Å². The lowest BCUT2D eigenvalue weighted by Crippen LogP contribution is -2.43. The molecule has 0 atom stereocenters. The van der Waals surface area contributed by atoms with Gasteiger partial charge in [0.15, 0.2) is 0 Å². The molecule has 0 aliphatic carbocycles. The van der Waals surface area contributed by atoms with Gasteiger partial charge in [0.1, 0.15) is 17.3 Å². The Kier molecular flexibility index (Phi) is 5.17. The van der Waals surface area contributed by atoms with Crippen LogP contribution in [0.1, 0.15) is 35.8 Å². The number of hydrogen-bond acceptors (Lipinski definition) is 6. The molecule has 0 radical (unpaired) electrons. The predicted octanol–water partition coefficient (Wildman–Crippen LogP) is 0.758. The Morgan fingerprint density at radius 1 is 1.59 bits per heavy atom. The number of nitriles is 1. The molecule has 2 rings (SSSR count). The van der Waals surface area contributed by atoms with E-state index in [1.807, 2.05) is 6.07 Å². The number of rotatable bonds is 4. The fourth-order valence-electron chi connectivity index (χ4n) is 2.42. The molecular weight excluding hydrogens is 282 g/mol. The first-order valence-corrected chi connectivity index (χ1v) is 7.38. The van der Waals surface area contributed by atoms with Crippen molar-refractivity contribution in [3.63, 3.8) is 0 Å². The molecule has 1 fully saturated rings. The normalized spacial score (nSPS) is 16.0. The molecule has 0 spiro atoms. The first-order chi connectivity index (χ1) is 10.5. The van der Waals surface area contributed by atoms with E-state index in [0.717, 1.165) is 25.9 Å². The van der Waals surface area contributed by atoms with Gasteiger partial charge >= 0.3 is 0 Å². The Morgan fingerprint density at radius 3 is 2.86 bits per heavy atom. The molecule has 1 amide bonds. The lowest BCUT2D eigenvalue weighted by Gasteiger charge is -2.29. The predicted molar refractivity (Wildman–Crippen MR) is 82.5 cm³/mol. The minimum absolute atomic E-state index is 0.110. The number of carbonyl (C=O) groups is 1. The van der Waals surface area contributed by atoms with E-state index in [1.54, 1.807) is 6.92 Å². The third-order valence-electron chi connectivity index (χ3n) is 3.70. The second-order valence-electron chi connectivity index (χ2n) is 5.37. The number of nitrogens with two attached hydrogens (primary N) is 1. The van der Waals surface area contributed by atoms with E-state index in [4.69, 9.17) is 15.7 Å². The smallest absolute Gasteiger partial charge is 0.270 e. The highest BCUT2D eigenvalue weighted by molar-refractivity contribution is 5.94. The minimum Gasteiger partial charge on any atom is -0.477 e. The Hall–Kier alpha value is -2.33. The molecule has 0 unspecified atom stereocenters. The molecule has 22 heavy (non-hydrogen) atoms. The summed E-state index contributed by atoms with van der Waals surface area (Å²) in [6.45, 7) is 4.04. The zero-order valence-corrected chi connectivity index (χ0v) is 12.9. The highest BCUT2D eigenvalue weighted by Crippen LogP contribution is 2.23. The Balaban J connectivity index is 2.14. The molecule has 1 aliphatic heterocycles. The molecule has 0 aromatic carbocycles. The van der Waals surface area contributed by atoms with Crippen LogP contribution in [0.2, 0.25) is 0 Å². The lowest BCUT2D eigenvalue weighted by molar-refractivity contribution is 0.0910. The number of nitrogens with zero attached hydrogens (tertiary/aromatic N) is 3. The average molecular weight is 303 g/mol. The Bertz CT molecular complexity index is 588. The molecule has 1 saturated heterocycles. The van der Waals surface area contributed by atoms with Crippen molar-refractivity contribution in [2.75, 3.05) is 32.5 Å². The van der Waals surface area contributed by atoms with Crippen LogP contribution in [0.15, 0.2) is 6.07 Å². The summed E-state index contributed by atoms with van der Waals surface area (Å²) in [4.78, 5) is 18.7. The standard InChI is InChI=1S/C15H21N5O2/c1-3-22-15-11(9-16)12(17)8-13(19-15)14(21)18-10-4-6-20(2)7-5-10/h8,10H,3-7H2,1-2H3,(H2,17,19)(H,18,21).